The molecule has 0 aliphatic rings. The number of para-hydroxylation sites is 1. The number of nitrogens with zero attached hydrogens (tertiary/aromatic N) is 2. The first-order valence-corrected chi connectivity index (χ1v) is 8.79. The molecule has 1 amide bonds. The van der Waals surface area contributed by atoms with Gasteiger partial charge < -0.3 is 4.74 Å². The van der Waals surface area contributed by atoms with E-state index in [1.807, 2.05) is 25.1 Å². The molecule has 1 aromatic carbocycles. The summed E-state index contributed by atoms with van der Waals surface area (Å²) < 4.78 is 44.7. The molecule has 0 fully saturated rings. The fraction of sp³-hybridized carbons (Fsp3) is 0.167. The number of aromatic nitrogens is 2. The first-order valence-electron chi connectivity index (χ1n) is 7.91. The molecule has 140 valence electrons. The third-order valence-electron chi connectivity index (χ3n) is 3.52. The minimum atomic E-state index is -4.68. The van der Waals surface area contributed by atoms with Gasteiger partial charge in [0.1, 0.15) is 11.4 Å². The summed E-state index contributed by atoms with van der Waals surface area (Å²) in [7, 11) is 0. The Labute approximate surface area is 156 Å². The maximum Gasteiger partial charge on any atom is 0.418 e. The molecule has 0 atom stereocenters. The van der Waals surface area contributed by atoms with Crippen molar-refractivity contribution in [2.75, 3.05) is 11.9 Å². The van der Waals surface area contributed by atoms with Crippen molar-refractivity contribution in [1.29, 1.82) is 0 Å². The Morgan fingerprint density at radius 1 is 1.22 bits per heavy atom. The number of hydrogen-bond acceptors (Lipinski definition) is 5. The van der Waals surface area contributed by atoms with E-state index < -0.39 is 23.3 Å². The second kappa shape index (κ2) is 7.75. The molecule has 0 spiro atoms. The molecule has 0 saturated carbocycles. The lowest BCUT2D eigenvalue weighted by atomic mass is 10.1. The summed E-state index contributed by atoms with van der Waals surface area (Å²) >= 11 is 1.10. The number of nitrogens with one attached hydrogen (secondary N) is 1. The van der Waals surface area contributed by atoms with Gasteiger partial charge in [-0.15, -0.1) is 11.3 Å². The van der Waals surface area contributed by atoms with E-state index in [2.05, 4.69) is 15.3 Å². The van der Waals surface area contributed by atoms with E-state index in [4.69, 9.17) is 4.74 Å². The average Bonchev–Trinajstić information content (AvgIpc) is 3.10. The molecule has 27 heavy (non-hydrogen) atoms. The molecule has 0 unspecified atom stereocenters. The molecule has 0 bridgehead atoms. The maximum atomic E-state index is 13.0. The van der Waals surface area contributed by atoms with E-state index in [1.165, 1.54) is 0 Å². The van der Waals surface area contributed by atoms with Crippen LogP contribution in [-0.4, -0.2) is 22.5 Å². The van der Waals surface area contributed by atoms with E-state index in [0.29, 0.717) is 18.1 Å². The number of ether oxygens (including phenoxy) is 1. The van der Waals surface area contributed by atoms with Crippen molar-refractivity contribution < 1.29 is 22.7 Å². The van der Waals surface area contributed by atoms with Crippen LogP contribution >= 0.6 is 11.3 Å². The minimum absolute atomic E-state index is 0.167. The van der Waals surface area contributed by atoms with Gasteiger partial charge in [0.2, 0.25) is 0 Å². The first kappa shape index (κ1) is 18.8. The zero-order chi connectivity index (χ0) is 19.4. The van der Waals surface area contributed by atoms with Crippen molar-refractivity contribution >= 4 is 22.4 Å². The molecule has 0 aliphatic heterocycles. The van der Waals surface area contributed by atoms with Crippen LogP contribution in [0.25, 0.3) is 11.3 Å². The zero-order valence-electron chi connectivity index (χ0n) is 14.1. The van der Waals surface area contributed by atoms with Gasteiger partial charge in [-0.05, 0) is 31.2 Å². The zero-order valence-corrected chi connectivity index (χ0v) is 14.9. The molecule has 5 nitrogen and oxygen atoms in total. The topological polar surface area (TPSA) is 64.1 Å². The number of anilines is 1. The lowest BCUT2D eigenvalue weighted by Gasteiger charge is -2.10. The number of benzene rings is 1. The Morgan fingerprint density at radius 2 is 2.00 bits per heavy atom. The fourth-order valence-corrected chi connectivity index (χ4v) is 3.09. The number of thiazole rings is 1. The van der Waals surface area contributed by atoms with Gasteiger partial charge in [0.25, 0.3) is 5.91 Å². The van der Waals surface area contributed by atoms with Crippen LogP contribution < -0.4 is 10.1 Å². The third kappa shape index (κ3) is 4.25. The summed E-state index contributed by atoms with van der Waals surface area (Å²) in [5.74, 6) is -0.339. The number of halogens is 3. The van der Waals surface area contributed by atoms with Crippen LogP contribution in [-0.2, 0) is 6.18 Å². The molecule has 0 radical (unpaired) electrons. The smallest absolute Gasteiger partial charge is 0.418 e. The summed E-state index contributed by atoms with van der Waals surface area (Å²) in [5, 5.41) is 4.24. The molecule has 9 heteroatoms. The molecule has 2 aromatic heterocycles. The van der Waals surface area contributed by atoms with Gasteiger partial charge >= 0.3 is 6.18 Å². The molecule has 2 heterocycles. The Kier molecular flexibility index (Phi) is 5.41. The van der Waals surface area contributed by atoms with Crippen molar-refractivity contribution in [1.82, 2.24) is 9.97 Å². The molecule has 3 rings (SSSR count). The van der Waals surface area contributed by atoms with Gasteiger partial charge in [-0.1, -0.05) is 12.1 Å². The Hall–Kier alpha value is -2.94. The molecular formula is C18H14F3N3O2S. The monoisotopic (exact) mass is 393 g/mol. The van der Waals surface area contributed by atoms with E-state index in [0.717, 1.165) is 35.2 Å². The number of carbonyl (C=O) groups is 1. The van der Waals surface area contributed by atoms with Crippen molar-refractivity contribution in [2.45, 2.75) is 13.1 Å². The van der Waals surface area contributed by atoms with Crippen LogP contribution in [0.1, 0.15) is 23.0 Å². The van der Waals surface area contributed by atoms with Gasteiger partial charge in [-0.2, -0.15) is 13.2 Å². The third-order valence-corrected chi connectivity index (χ3v) is 4.27. The second-order valence-corrected chi connectivity index (χ2v) is 6.18. The molecular weight excluding hydrogens is 379 g/mol. The van der Waals surface area contributed by atoms with E-state index in [1.54, 1.807) is 11.4 Å². The van der Waals surface area contributed by atoms with Crippen LogP contribution in [0.15, 0.2) is 48.0 Å². The summed E-state index contributed by atoms with van der Waals surface area (Å²) in [6.45, 7) is 2.33. The van der Waals surface area contributed by atoms with Crippen LogP contribution in [0.5, 0.6) is 5.75 Å². The van der Waals surface area contributed by atoms with E-state index >= 15 is 0 Å². The summed E-state index contributed by atoms with van der Waals surface area (Å²) in [6.07, 6.45) is -3.54. The number of alkyl halides is 3. The lowest BCUT2D eigenvalue weighted by molar-refractivity contribution is -0.138. The van der Waals surface area contributed by atoms with Gasteiger partial charge in [0.05, 0.1) is 17.9 Å². The number of amides is 1. The van der Waals surface area contributed by atoms with Gasteiger partial charge in [-0.25, -0.2) is 4.98 Å². The van der Waals surface area contributed by atoms with Gasteiger partial charge in [0.15, 0.2) is 5.13 Å². The highest BCUT2D eigenvalue weighted by molar-refractivity contribution is 7.14. The van der Waals surface area contributed by atoms with Crippen molar-refractivity contribution in [2.24, 2.45) is 0 Å². The first-order chi connectivity index (χ1) is 12.9. The SMILES string of the molecule is CCOc1ccccc1-c1csc(NC(=O)c2ncccc2C(F)(F)F)n1. The highest BCUT2D eigenvalue weighted by Crippen LogP contribution is 2.33. The Balaban J connectivity index is 1.84. The highest BCUT2D eigenvalue weighted by atomic mass is 32.1. The summed E-state index contributed by atoms with van der Waals surface area (Å²) in [6, 6.07) is 9.19. The number of rotatable bonds is 5. The number of pyridine rings is 1. The molecule has 1 N–H and O–H groups in total. The van der Waals surface area contributed by atoms with Crippen LogP contribution in [0.4, 0.5) is 18.3 Å². The molecule has 0 aliphatic carbocycles. The Morgan fingerprint density at radius 3 is 2.74 bits per heavy atom. The van der Waals surface area contributed by atoms with Crippen LogP contribution in [0.2, 0.25) is 0 Å². The highest BCUT2D eigenvalue weighted by Gasteiger charge is 2.36. The van der Waals surface area contributed by atoms with Gasteiger partial charge in [0, 0.05) is 17.1 Å². The minimum Gasteiger partial charge on any atom is -0.493 e. The summed E-state index contributed by atoms with van der Waals surface area (Å²) in [4.78, 5) is 20.1. The predicted octanol–water partition coefficient (Wildman–Crippen LogP) is 4.87. The Bertz CT molecular complexity index is 957. The largest absolute Gasteiger partial charge is 0.493 e. The average molecular weight is 393 g/mol. The van der Waals surface area contributed by atoms with Gasteiger partial charge in [-0.3, -0.25) is 15.1 Å². The number of hydrogen-bond donors (Lipinski definition) is 1. The summed E-state index contributed by atoms with van der Waals surface area (Å²) in [5.41, 5.74) is -0.515. The maximum absolute atomic E-state index is 13.0. The normalized spacial score (nSPS) is 11.3. The van der Waals surface area contributed by atoms with Crippen molar-refractivity contribution in [3.05, 3.63) is 59.2 Å². The molecule has 0 saturated heterocycles. The lowest BCUT2D eigenvalue weighted by Crippen LogP contribution is -2.20. The fourth-order valence-electron chi connectivity index (χ4n) is 2.39. The van der Waals surface area contributed by atoms with Crippen molar-refractivity contribution in [3.63, 3.8) is 0 Å². The van der Waals surface area contributed by atoms with E-state index in [-0.39, 0.29) is 5.13 Å². The second-order valence-electron chi connectivity index (χ2n) is 5.32. The van der Waals surface area contributed by atoms with Crippen LogP contribution in [0, 0.1) is 0 Å². The quantitative estimate of drug-likeness (QED) is 0.671. The standard InChI is InChI=1S/C18H14F3N3O2S/c1-2-26-14-8-4-3-6-11(14)13-10-27-17(23-13)24-16(25)15-12(18(19,20)21)7-5-9-22-15/h3-10H,2H2,1H3,(H,23,24,25). The predicted molar refractivity (Wildman–Crippen MR) is 95.9 cm³/mol. The van der Waals surface area contributed by atoms with E-state index in [9.17, 15) is 18.0 Å². The number of carbonyl (C=O) groups excluding carboxylic acids is 1. The van der Waals surface area contributed by atoms with Crippen molar-refractivity contribution in [3.8, 4) is 17.0 Å². The molecule has 3 aromatic rings. The van der Waals surface area contributed by atoms with Crippen LogP contribution in [0.3, 0.4) is 0 Å².